The molecule has 1 aromatic carbocycles. The SMILES string of the molecule is CCCCCCCC(CCCC(N)(N)C1CC(=O)NC1=O)c1ccccc1. The molecule has 0 spiro atoms. The highest BCUT2D eigenvalue weighted by Gasteiger charge is 2.42. The molecule has 27 heavy (non-hydrogen) atoms. The first-order valence-electron chi connectivity index (χ1n) is 10.4. The lowest BCUT2D eigenvalue weighted by Crippen LogP contribution is -2.57. The molecule has 0 saturated carbocycles. The van der Waals surface area contributed by atoms with Crippen molar-refractivity contribution in [2.75, 3.05) is 0 Å². The van der Waals surface area contributed by atoms with Crippen LogP contribution in [0.5, 0.6) is 0 Å². The third kappa shape index (κ3) is 6.74. The summed E-state index contributed by atoms with van der Waals surface area (Å²) in [7, 11) is 0. The van der Waals surface area contributed by atoms with E-state index in [-0.39, 0.29) is 18.2 Å². The summed E-state index contributed by atoms with van der Waals surface area (Å²) in [5.41, 5.74) is 12.7. The van der Waals surface area contributed by atoms with E-state index in [1.54, 1.807) is 0 Å². The summed E-state index contributed by atoms with van der Waals surface area (Å²) >= 11 is 0. The normalized spacial score (nSPS) is 18.6. The van der Waals surface area contributed by atoms with E-state index in [2.05, 4.69) is 36.5 Å². The highest BCUT2D eigenvalue weighted by molar-refractivity contribution is 6.04. The minimum Gasteiger partial charge on any atom is -0.313 e. The van der Waals surface area contributed by atoms with Crippen LogP contribution in [0.15, 0.2) is 30.3 Å². The summed E-state index contributed by atoms with van der Waals surface area (Å²) in [5, 5.41) is 2.30. The zero-order chi connectivity index (χ0) is 19.7. The Morgan fingerprint density at radius 2 is 1.70 bits per heavy atom. The van der Waals surface area contributed by atoms with Crippen molar-refractivity contribution < 1.29 is 9.59 Å². The van der Waals surface area contributed by atoms with Gasteiger partial charge >= 0.3 is 0 Å². The Bertz CT molecular complexity index is 601. The first-order valence-corrected chi connectivity index (χ1v) is 10.4. The molecule has 5 N–H and O–H groups in total. The van der Waals surface area contributed by atoms with Gasteiger partial charge in [-0.25, -0.2) is 0 Å². The van der Waals surface area contributed by atoms with E-state index >= 15 is 0 Å². The number of rotatable bonds is 12. The van der Waals surface area contributed by atoms with Gasteiger partial charge in [-0.1, -0.05) is 69.4 Å². The van der Waals surface area contributed by atoms with Gasteiger partial charge in [-0.2, -0.15) is 0 Å². The van der Waals surface area contributed by atoms with Crippen molar-refractivity contribution in [1.29, 1.82) is 0 Å². The standard InChI is InChI=1S/C22H35N3O2/c1-2-3-4-5-7-11-18(17-12-8-6-9-13-17)14-10-15-22(23,24)19-16-20(26)25-21(19)27/h6,8-9,12-13,18-19H,2-5,7,10-11,14-16,23-24H2,1H3,(H,25,26,27). The average molecular weight is 374 g/mol. The van der Waals surface area contributed by atoms with Crippen LogP contribution in [0.1, 0.15) is 82.6 Å². The van der Waals surface area contributed by atoms with Gasteiger partial charge in [0.05, 0.1) is 11.6 Å². The molecule has 5 heteroatoms. The summed E-state index contributed by atoms with van der Waals surface area (Å²) in [6.07, 6.45) is 10.0. The first kappa shape index (κ1) is 21.6. The van der Waals surface area contributed by atoms with Crippen molar-refractivity contribution in [2.24, 2.45) is 17.4 Å². The van der Waals surface area contributed by atoms with Crippen molar-refractivity contribution >= 4 is 11.8 Å². The number of carbonyl (C=O) groups is 2. The summed E-state index contributed by atoms with van der Waals surface area (Å²) in [6.45, 7) is 2.23. The number of nitrogens with two attached hydrogens (primary N) is 2. The average Bonchev–Trinajstić information content (AvgIpc) is 3.00. The van der Waals surface area contributed by atoms with E-state index in [0.29, 0.717) is 12.3 Å². The molecule has 0 radical (unpaired) electrons. The molecule has 0 aromatic heterocycles. The van der Waals surface area contributed by atoms with Gasteiger partial charge in [0.25, 0.3) is 0 Å². The van der Waals surface area contributed by atoms with Crippen LogP contribution in [0.4, 0.5) is 0 Å². The molecule has 1 aliphatic heterocycles. The van der Waals surface area contributed by atoms with Gasteiger partial charge in [0.2, 0.25) is 11.8 Å². The Hall–Kier alpha value is -1.72. The maximum absolute atomic E-state index is 11.9. The monoisotopic (exact) mass is 373 g/mol. The summed E-state index contributed by atoms with van der Waals surface area (Å²) in [4.78, 5) is 23.3. The summed E-state index contributed by atoms with van der Waals surface area (Å²) < 4.78 is 0. The molecular weight excluding hydrogens is 338 g/mol. The van der Waals surface area contributed by atoms with Gasteiger partial charge in [-0.3, -0.25) is 14.9 Å². The zero-order valence-electron chi connectivity index (χ0n) is 16.6. The van der Waals surface area contributed by atoms with Crippen LogP contribution >= 0.6 is 0 Å². The second kappa shape index (κ2) is 10.6. The van der Waals surface area contributed by atoms with E-state index in [1.165, 1.54) is 37.7 Å². The Labute approximate surface area is 163 Å². The number of nitrogens with one attached hydrogen (secondary N) is 1. The van der Waals surface area contributed by atoms with E-state index in [9.17, 15) is 9.59 Å². The lowest BCUT2D eigenvalue weighted by Gasteiger charge is -2.29. The number of amides is 2. The molecule has 2 rings (SSSR count). The molecule has 0 bridgehead atoms. The predicted octanol–water partition coefficient (Wildman–Crippen LogP) is 3.58. The van der Waals surface area contributed by atoms with Crippen molar-refractivity contribution in [3.63, 3.8) is 0 Å². The molecule has 1 saturated heterocycles. The maximum Gasteiger partial charge on any atom is 0.233 e. The quantitative estimate of drug-likeness (QED) is 0.296. The Balaban J connectivity index is 1.87. The fourth-order valence-corrected chi connectivity index (χ4v) is 4.01. The fraction of sp³-hybridized carbons (Fsp3) is 0.636. The minimum atomic E-state index is -1.13. The van der Waals surface area contributed by atoms with E-state index < -0.39 is 11.6 Å². The van der Waals surface area contributed by atoms with Gasteiger partial charge in [0, 0.05) is 6.42 Å². The molecule has 1 aromatic rings. The van der Waals surface area contributed by atoms with Crippen LogP contribution in [0.25, 0.3) is 0 Å². The van der Waals surface area contributed by atoms with Crippen molar-refractivity contribution in [1.82, 2.24) is 5.32 Å². The van der Waals surface area contributed by atoms with Gasteiger partial charge in [0.15, 0.2) is 0 Å². The predicted molar refractivity (Wildman–Crippen MR) is 109 cm³/mol. The summed E-state index contributed by atoms with van der Waals surface area (Å²) in [5.74, 6) is -0.739. The van der Waals surface area contributed by atoms with Crippen molar-refractivity contribution in [3.05, 3.63) is 35.9 Å². The molecule has 2 unspecified atom stereocenters. The minimum absolute atomic E-state index is 0.103. The van der Waals surface area contributed by atoms with Crippen LogP contribution < -0.4 is 16.8 Å². The number of unbranched alkanes of at least 4 members (excludes halogenated alkanes) is 4. The largest absolute Gasteiger partial charge is 0.313 e. The molecular formula is C22H35N3O2. The van der Waals surface area contributed by atoms with Crippen molar-refractivity contribution in [2.45, 2.75) is 82.7 Å². The highest BCUT2D eigenvalue weighted by atomic mass is 16.2. The number of carbonyl (C=O) groups excluding carboxylic acids is 2. The van der Waals surface area contributed by atoms with Gasteiger partial charge in [-0.15, -0.1) is 0 Å². The van der Waals surface area contributed by atoms with Crippen molar-refractivity contribution in [3.8, 4) is 0 Å². The molecule has 1 fully saturated rings. The van der Waals surface area contributed by atoms with Gasteiger partial charge < -0.3 is 11.5 Å². The van der Waals surface area contributed by atoms with Crippen LogP contribution in [-0.2, 0) is 9.59 Å². The molecule has 2 atom stereocenters. The number of imide groups is 1. The second-order valence-electron chi connectivity index (χ2n) is 7.98. The molecule has 150 valence electrons. The lowest BCUT2D eigenvalue weighted by atomic mass is 9.84. The third-order valence-corrected chi connectivity index (χ3v) is 5.71. The Morgan fingerprint density at radius 3 is 2.33 bits per heavy atom. The number of benzene rings is 1. The topological polar surface area (TPSA) is 98.2 Å². The Kier molecular flexibility index (Phi) is 8.45. The van der Waals surface area contributed by atoms with E-state index in [1.807, 2.05) is 6.07 Å². The summed E-state index contributed by atoms with van der Waals surface area (Å²) in [6, 6.07) is 10.6. The van der Waals surface area contributed by atoms with Gasteiger partial charge in [0.1, 0.15) is 0 Å². The highest BCUT2D eigenvalue weighted by Crippen LogP contribution is 2.30. The van der Waals surface area contributed by atoms with Crippen LogP contribution in [0.2, 0.25) is 0 Å². The van der Waals surface area contributed by atoms with E-state index in [4.69, 9.17) is 11.5 Å². The smallest absolute Gasteiger partial charge is 0.233 e. The van der Waals surface area contributed by atoms with Gasteiger partial charge in [-0.05, 0) is 37.2 Å². The Morgan fingerprint density at radius 1 is 1.04 bits per heavy atom. The number of hydrogen-bond donors (Lipinski definition) is 3. The lowest BCUT2D eigenvalue weighted by molar-refractivity contribution is -0.126. The number of hydrogen-bond acceptors (Lipinski definition) is 4. The third-order valence-electron chi connectivity index (χ3n) is 5.71. The molecule has 1 heterocycles. The first-order chi connectivity index (χ1) is 12.9. The zero-order valence-corrected chi connectivity index (χ0v) is 16.6. The molecule has 2 amide bonds. The second-order valence-corrected chi connectivity index (χ2v) is 7.98. The van der Waals surface area contributed by atoms with Crippen LogP contribution in [0, 0.1) is 5.92 Å². The fourth-order valence-electron chi connectivity index (χ4n) is 4.01. The van der Waals surface area contributed by atoms with E-state index in [0.717, 1.165) is 19.3 Å². The van der Waals surface area contributed by atoms with Crippen LogP contribution in [-0.4, -0.2) is 17.5 Å². The maximum atomic E-state index is 11.9. The molecule has 5 nitrogen and oxygen atoms in total. The van der Waals surface area contributed by atoms with Crippen LogP contribution in [0.3, 0.4) is 0 Å². The molecule has 0 aliphatic carbocycles. The molecule has 1 aliphatic rings.